The summed E-state index contributed by atoms with van der Waals surface area (Å²) in [5, 5.41) is 3.66. The van der Waals surface area contributed by atoms with Gasteiger partial charge in [0.1, 0.15) is 0 Å². The van der Waals surface area contributed by atoms with Gasteiger partial charge in [-0.2, -0.15) is 0 Å². The van der Waals surface area contributed by atoms with E-state index in [0.717, 1.165) is 13.0 Å². The van der Waals surface area contributed by atoms with Gasteiger partial charge in [-0.3, -0.25) is 0 Å². The second-order valence-corrected chi connectivity index (χ2v) is 8.26. The lowest BCUT2D eigenvalue weighted by atomic mass is 10.0. The topological polar surface area (TPSA) is 12.0 Å². The Morgan fingerprint density at radius 2 is 1.90 bits per heavy atom. The Balaban J connectivity index is 2.38. The average molecular weight is 417 g/mol. The van der Waals surface area contributed by atoms with Crippen LogP contribution in [-0.2, 0) is 0 Å². The highest BCUT2D eigenvalue weighted by Gasteiger charge is 2.17. The number of nitrogens with one attached hydrogen (secondary N) is 1. The normalized spacial score (nSPS) is 12.7. The highest BCUT2D eigenvalue weighted by Crippen LogP contribution is 2.35. The van der Waals surface area contributed by atoms with E-state index < -0.39 is 0 Å². The van der Waals surface area contributed by atoms with E-state index in [1.807, 2.05) is 11.3 Å². The van der Waals surface area contributed by atoms with Crippen molar-refractivity contribution in [3.63, 3.8) is 0 Å². The molecule has 1 atom stereocenters. The Bertz CT molecular complexity index is 573. The fourth-order valence-corrected chi connectivity index (χ4v) is 4.07. The van der Waals surface area contributed by atoms with Crippen LogP contribution in [0.15, 0.2) is 32.5 Å². The van der Waals surface area contributed by atoms with Crippen molar-refractivity contribution in [2.24, 2.45) is 0 Å². The van der Waals surface area contributed by atoms with Crippen molar-refractivity contribution in [2.45, 2.75) is 33.2 Å². The molecular weight excluding hydrogens is 398 g/mol. The minimum absolute atomic E-state index is 0.275. The summed E-state index contributed by atoms with van der Waals surface area (Å²) in [6.07, 6.45) is 1.14. The van der Waals surface area contributed by atoms with Gasteiger partial charge in [0.2, 0.25) is 0 Å². The van der Waals surface area contributed by atoms with Gasteiger partial charge >= 0.3 is 0 Å². The van der Waals surface area contributed by atoms with Crippen LogP contribution in [0.2, 0.25) is 0 Å². The first-order valence-corrected chi connectivity index (χ1v) is 9.18. The van der Waals surface area contributed by atoms with Crippen LogP contribution in [0, 0.1) is 13.8 Å². The summed E-state index contributed by atoms with van der Waals surface area (Å²) in [4.78, 5) is 1.37. The summed E-state index contributed by atoms with van der Waals surface area (Å²) in [5.74, 6) is 0. The minimum Gasteiger partial charge on any atom is -0.306 e. The van der Waals surface area contributed by atoms with E-state index in [4.69, 9.17) is 0 Å². The van der Waals surface area contributed by atoms with Gasteiger partial charge in [0.15, 0.2) is 0 Å². The van der Waals surface area contributed by atoms with Crippen LogP contribution in [0.25, 0.3) is 0 Å². The summed E-state index contributed by atoms with van der Waals surface area (Å²) in [6, 6.07) is 9.16. The number of halogens is 2. The molecule has 2 aromatic rings. The van der Waals surface area contributed by atoms with Crippen molar-refractivity contribution in [3.8, 4) is 0 Å². The molecule has 1 N–H and O–H groups in total. The van der Waals surface area contributed by atoms with E-state index in [-0.39, 0.29) is 6.04 Å². The molecule has 0 saturated heterocycles. The molecule has 0 spiro atoms. The van der Waals surface area contributed by atoms with Crippen LogP contribution in [-0.4, -0.2) is 6.54 Å². The molecule has 0 aliphatic rings. The van der Waals surface area contributed by atoms with E-state index in [0.29, 0.717) is 0 Å². The molecule has 1 aromatic heterocycles. The van der Waals surface area contributed by atoms with Crippen LogP contribution in [0.4, 0.5) is 0 Å². The molecule has 0 bridgehead atoms. The van der Waals surface area contributed by atoms with Gasteiger partial charge in [0, 0.05) is 9.35 Å². The number of thiophene rings is 1. The summed E-state index contributed by atoms with van der Waals surface area (Å²) in [7, 11) is 0. The Morgan fingerprint density at radius 1 is 1.15 bits per heavy atom. The molecule has 1 heterocycles. The van der Waals surface area contributed by atoms with Crippen molar-refractivity contribution < 1.29 is 0 Å². The molecule has 2 rings (SSSR count). The Kier molecular flexibility index (Phi) is 5.84. The van der Waals surface area contributed by atoms with Crippen molar-refractivity contribution >= 4 is 43.2 Å². The maximum absolute atomic E-state index is 3.66. The largest absolute Gasteiger partial charge is 0.306 e. The van der Waals surface area contributed by atoms with Crippen LogP contribution in [0.5, 0.6) is 0 Å². The Hall–Kier alpha value is -0.160. The van der Waals surface area contributed by atoms with E-state index in [2.05, 4.69) is 82.2 Å². The van der Waals surface area contributed by atoms with Crippen molar-refractivity contribution in [2.75, 3.05) is 6.54 Å². The molecule has 4 heteroatoms. The molecule has 0 aliphatic heterocycles. The molecule has 0 radical (unpaired) electrons. The van der Waals surface area contributed by atoms with Crippen molar-refractivity contribution in [1.82, 2.24) is 5.32 Å². The second kappa shape index (κ2) is 7.21. The van der Waals surface area contributed by atoms with Gasteiger partial charge in [0.05, 0.1) is 9.83 Å². The zero-order chi connectivity index (χ0) is 14.7. The number of hydrogen-bond acceptors (Lipinski definition) is 2. The quantitative estimate of drug-likeness (QED) is 0.632. The fraction of sp³-hybridized carbons (Fsp3) is 0.375. The molecule has 1 unspecified atom stereocenters. The van der Waals surface area contributed by atoms with Gasteiger partial charge in [-0.1, -0.05) is 35.0 Å². The first-order chi connectivity index (χ1) is 9.52. The summed E-state index contributed by atoms with van der Waals surface area (Å²) < 4.78 is 2.39. The first kappa shape index (κ1) is 16.2. The van der Waals surface area contributed by atoms with E-state index in [1.54, 1.807) is 0 Å². The minimum atomic E-state index is 0.275. The van der Waals surface area contributed by atoms with Gasteiger partial charge < -0.3 is 5.32 Å². The number of rotatable bonds is 5. The van der Waals surface area contributed by atoms with Gasteiger partial charge in [-0.05, 0) is 71.6 Å². The molecule has 0 aliphatic carbocycles. The number of aryl methyl sites for hydroxylation is 2. The molecular formula is C16H19Br2NS. The highest BCUT2D eigenvalue weighted by atomic mass is 79.9. The van der Waals surface area contributed by atoms with Crippen molar-refractivity contribution in [1.29, 1.82) is 0 Å². The summed E-state index contributed by atoms with van der Waals surface area (Å²) in [5.41, 5.74) is 3.91. The maximum atomic E-state index is 3.66. The molecule has 1 nitrogen and oxygen atoms in total. The van der Waals surface area contributed by atoms with Crippen LogP contribution in [0.1, 0.15) is 41.0 Å². The molecule has 0 fully saturated rings. The zero-order valence-electron chi connectivity index (χ0n) is 12.0. The second-order valence-electron chi connectivity index (χ2n) is 5.00. The van der Waals surface area contributed by atoms with E-state index in [1.165, 1.54) is 29.8 Å². The SMILES string of the molecule is CCCNC(c1ccc(Br)c(C)c1)c1cc(C)c(Br)s1. The van der Waals surface area contributed by atoms with Gasteiger partial charge in [0.25, 0.3) is 0 Å². The smallest absolute Gasteiger partial charge is 0.0731 e. The molecule has 0 saturated carbocycles. The highest BCUT2D eigenvalue weighted by molar-refractivity contribution is 9.11. The van der Waals surface area contributed by atoms with Gasteiger partial charge in [-0.25, -0.2) is 0 Å². The van der Waals surface area contributed by atoms with Gasteiger partial charge in [-0.15, -0.1) is 11.3 Å². The lowest BCUT2D eigenvalue weighted by Crippen LogP contribution is -2.22. The lowest BCUT2D eigenvalue weighted by Gasteiger charge is -2.18. The predicted molar refractivity (Wildman–Crippen MR) is 95.8 cm³/mol. The number of hydrogen-bond donors (Lipinski definition) is 1. The van der Waals surface area contributed by atoms with Crippen LogP contribution in [0.3, 0.4) is 0 Å². The molecule has 108 valence electrons. The lowest BCUT2D eigenvalue weighted by molar-refractivity contribution is 0.605. The average Bonchev–Trinajstić information content (AvgIpc) is 2.74. The van der Waals surface area contributed by atoms with Crippen LogP contribution < -0.4 is 5.32 Å². The van der Waals surface area contributed by atoms with Crippen LogP contribution >= 0.6 is 43.2 Å². The first-order valence-electron chi connectivity index (χ1n) is 6.78. The van der Waals surface area contributed by atoms with E-state index >= 15 is 0 Å². The molecule has 20 heavy (non-hydrogen) atoms. The number of benzene rings is 1. The summed E-state index contributed by atoms with van der Waals surface area (Å²) in [6.45, 7) is 7.51. The standard InChI is InChI=1S/C16H19Br2NS/c1-4-7-19-15(14-9-11(3)16(18)20-14)12-5-6-13(17)10(2)8-12/h5-6,8-9,15,19H,4,7H2,1-3H3. The van der Waals surface area contributed by atoms with E-state index in [9.17, 15) is 0 Å². The Labute approximate surface area is 142 Å². The Morgan fingerprint density at radius 3 is 2.45 bits per heavy atom. The maximum Gasteiger partial charge on any atom is 0.0731 e. The molecule has 0 amide bonds. The predicted octanol–water partition coefficient (Wildman–Crippen LogP) is 5.98. The third-order valence-electron chi connectivity index (χ3n) is 3.27. The third-order valence-corrected chi connectivity index (χ3v) is 6.37. The van der Waals surface area contributed by atoms with Crippen molar-refractivity contribution in [3.05, 3.63) is 54.1 Å². The summed E-state index contributed by atoms with van der Waals surface area (Å²) >= 11 is 9.03. The third kappa shape index (κ3) is 3.73. The fourth-order valence-electron chi connectivity index (χ4n) is 2.14. The zero-order valence-corrected chi connectivity index (χ0v) is 16.0. The molecule has 1 aromatic carbocycles. The monoisotopic (exact) mass is 415 g/mol.